The molecule has 23 heavy (non-hydrogen) atoms. The Morgan fingerprint density at radius 3 is 2.83 bits per heavy atom. The Balaban J connectivity index is 1.61. The van der Waals surface area contributed by atoms with Gasteiger partial charge in [0.25, 0.3) is 0 Å². The minimum atomic E-state index is -0.452. The molecule has 2 saturated heterocycles. The first-order valence-corrected chi connectivity index (χ1v) is 8.92. The van der Waals surface area contributed by atoms with Gasteiger partial charge < -0.3 is 9.94 Å². The second kappa shape index (κ2) is 6.09. The Labute approximate surface area is 140 Å². The molecule has 1 aliphatic carbocycles. The zero-order chi connectivity index (χ0) is 15.9. The maximum Gasteiger partial charge on any atom is 0.309 e. The molecular formula is C15H21N5O2S. The van der Waals surface area contributed by atoms with Crippen LogP contribution in [0.5, 0.6) is 0 Å². The topological polar surface area (TPSA) is 64.5 Å². The summed E-state index contributed by atoms with van der Waals surface area (Å²) >= 11 is 1.49. The van der Waals surface area contributed by atoms with Crippen LogP contribution in [-0.4, -0.2) is 72.2 Å². The molecule has 3 fully saturated rings. The van der Waals surface area contributed by atoms with Crippen LogP contribution in [0.25, 0.3) is 0 Å². The van der Waals surface area contributed by atoms with Crippen molar-refractivity contribution >= 4 is 16.5 Å². The molecule has 0 spiro atoms. The van der Waals surface area contributed by atoms with Crippen molar-refractivity contribution in [1.82, 2.24) is 24.6 Å². The molecule has 3 aliphatic rings. The van der Waals surface area contributed by atoms with E-state index >= 15 is 0 Å². The highest BCUT2D eigenvalue weighted by molar-refractivity contribution is 7.15. The van der Waals surface area contributed by atoms with Gasteiger partial charge >= 0.3 is 5.13 Å². The van der Waals surface area contributed by atoms with E-state index in [1.54, 1.807) is 0 Å². The van der Waals surface area contributed by atoms with Crippen molar-refractivity contribution in [3.63, 3.8) is 0 Å². The van der Waals surface area contributed by atoms with Crippen LogP contribution >= 0.6 is 11.3 Å². The third kappa shape index (κ3) is 2.89. The van der Waals surface area contributed by atoms with Gasteiger partial charge in [0.1, 0.15) is 11.7 Å². The van der Waals surface area contributed by atoms with E-state index in [1.165, 1.54) is 24.2 Å². The fourth-order valence-corrected chi connectivity index (χ4v) is 4.46. The van der Waals surface area contributed by atoms with E-state index < -0.39 is 4.65 Å². The zero-order valence-electron chi connectivity index (χ0n) is 13.1. The summed E-state index contributed by atoms with van der Waals surface area (Å²) in [4.78, 5) is 4.27. The minimum Gasteiger partial charge on any atom is -0.623 e. The molecule has 0 bridgehead atoms. The highest BCUT2D eigenvalue weighted by Crippen LogP contribution is 2.44. The largest absolute Gasteiger partial charge is 0.623 e. The number of rotatable bonds is 4. The highest BCUT2D eigenvalue weighted by Gasteiger charge is 2.47. The number of aromatic nitrogens is 2. The molecule has 124 valence electrons. The first-order valence-electron chi connectivity index (χ1n) is 8.11. The quantitative estimate of drug-likeness (QED) is 0.460. The van der Waals surface area contributed by atoms with Crippen LogP contribution in [-0.2, 0) is 4.74 Å². The van der Waals surface area contributed by atoms with Crippen LogP contribution in [0.2, 0.25) is 0 Å². The average Bonchev–Trinajstić information content (AvgIpc) is 3.18. The van der Waals surface area contributed by atoms with E-state index in [9.17, 15) is 5.21 Å². The van der Waals surface area contributed by atoms with Gasteiger partial charge in [-0.05, 0) is 24.2 Å². The second-order valence-electron chi connectivity index (χ2n) is 6.48. The Kier molecular flexibility index (Phi) is 4.09. The molecule has 0 aromatic carbocycles. The Bertz CT molecular complexity index is 607. The van der Waals surface area contributed by atoms with Crippen molar-refractivity contribution < 1.29 is 4.74 Å². The Morgan fingerprint density at radius 2 is 2.13 bits per heavy atom. The van der Waals surface area contributed by atoms with Crippen molar-refractivity contribution in [3.05, 3.63) is 10.2 Å². The summed E-state index contributed by atoms with van der Waals surface area (Å²) in [6, 6.07) is 0. The van der Waals surface area contributed by atoms with Crippen LogP contribution in [0.15, 0.2) is 0 Å². The molecule has 1 aromatic heterocycles. The van der Waals surface area contributed by atoms with Gasteiger partial charge in [0.2, 0.25) is 0 Å². The lowest BCUT2D eigenvalue weighted by atomic mass is 10.3. The summed E-state index contributed by atoms with van der Waals surface area (Å²) in [6.45, 7) is 4.44. The monoisotopic (exact) mass is 335 g/mol. The maximum absolute atomic E-state index is 13.7. The molecule has 7 nitrogen and oxygen atoms in total. The number of quaternary nitrogens is 1. The van der Waals surface area contributed by atoms with Crippen molar-refractivity contribution in [3.8, 4) is 12.3 Å². The maximum atomic E-state index is 13.7. The van der Waals surface area contributed by atoms with Crippen LogP contribution in [0.3, 0.4) is 0 Å². The summed E-state index contributed by atoms with van der Waals surface area (Å²) in [5.41, 5.74) is 0. The lowest BCUT2D eigenvalue weighted by Crippen LogP contribution is -2.59. The van der Waals surface area contributed by atoms with Crippen molar-refractivity contribution in [2.75, 3.05) is 46.1 Å². The van der Waals surface area contributed by atoms with Gasteiger partial charge in [0.15, 0.2) is 6.17 Å². The predicted octanol–water partition coefficient (Wildman–Crippen LogP) is 0.785. The molecule has 0 amide bonds. The first-order chi connectivity index (χ1) is 11.2. The number of hydrogen-bond acceptors (Lipinski definition) is 7. The van der Waals surface area contributed by atoms with Gasteiger partial charge in [0, 0.05) is 19.0 Å². The number of morpholine rings is 1. The number of hydroxylamine groups is 2. The Hall–Kier alpha value is -1.08. The van der Waals surface area contributed by atoms with Crippen molar-refractivity contribution in [1.29, 1.82) is 0 Å². The van der Waals surface area contributed by atoms with Gasteiger partial charge in [-0.25, -0.2) is 9.80 Å². The Morgan fingerprint density at radius 1 is 1.35 bits per heavy atom. The summed E-state index contributed by atoms with van der Waals surface area (Å²) in [7, 11) is 0. The summed E-state index contributed by atoms with van der Waals surface area (Å²) < 4.78 is 4.98. The van der Waals surface area contributed by atoms with E-state index in [0.717, 1.165) is 18.1 Å². The minimum absolute atomic E-state index is 0.174. The fraction of sp³-hybridized carbons (Fsp3) is 0.733. The molecule has 1 saturated carbocycles. The van der Waals surface area contributed by atoms with Gasteiger partial charge in [-0.15, -0.1) is 11.5 Å². The van der Waals surface area contributed by atoms with Crippen LogP contribution in [0, 0.1) is 17.6 Å². The molecule has 2 aliphatic heterocycles. The first kappa shape index (κ1) is 15.4. The number of ether oxygens (including phenoxy) is 1. The molecule has 2 unspecified atom stereocenters. The summed E-state index contributed by atoms with van der Waals surface area (Å²) in [5, 5.41) is 23.9. The standard InChI is InChI=1S/C15H21N5O2S/c1-2-5-18-10-13(19-6-8-22-9-7-19)20(21,11-18)15-17-16-14(23-15)12-3-4-12/h1,12-13H,3-11H2. The normalized spacial score (nSPS) is 33.0. The van der Waals surface area contributed by atoms with E-state index in [2.05, 4.69) is 21.0 Å². The van der Waals surface area contributed by atoms with E-state index in [4.69, 9.17) is 11.2 Å². The van der Waals surface area contributed by atoms with E-state index in [0.29, 0.717) is 44.0 Å². The molecule has 1 aromatic rings. The second-order valence-corrected chi connectivity index (χ2v) is 7.47. The molecule has 4 rings (SSSR count). The van der Waals surface area contributed by atoms with Gasteiger partial charge in [-0.3, -0.25) is 4.65 Å². The molecule has 8 heteroatoms. The predicted molar refractivity (Wildman–Crippen MR) is 88.5 cm³/mol. The summed E-state index contributed by atoms with van der Waals surface area (Å²) in [6.07, 6.45) is 7.62. The zero-order valence-corrected chi connectivity index (χ0v) is 13.9. The molecular weight excluding hydrogens is 314 g/mol. The SMILES string of the molecule is C#CCN1CC(N2CCOCC2)[N+]([O-])(c2nnc(C3CC3)s2)C1. The van der Waals surface area contributed by atoms with Crippen LogP contribution in [0.4, 0.5) is 5.13 Å². The van der Waals surface area contributed by atoms with Crippen molar-refractivity contribution in [2.24, 2.45) is 0 Å². The van der Waals surface area contributed by atoms with Gasteiger partial charge in [-0.2, -0.15) is 0 Å². The summed E-state index contributed by atoms with van der Waals surface area (Å²) in [5.74, 6) is 3.18. The van der Waals surface area contributed by atoms with Crippen LogP contribution in [0.1, 0.15) is 23.8 Å². The third-order valence-corrected chi connectivity index (χ3v) is 5.97. The lowest BCUT2D eigenvalue weighted by Gasteiger charge is -2.45. The number of nitrogens with zero attached hydrogens (tertiary/aromatic N) is 5. The highest BCUT2D eigenvalue weighted by atomic mass is 32.1. The van der Waals surface area contributed by atoms with Gasteiger partial charge in [-0.1, -0.05) is 11.0 Å². The van der Waals surface area contributed by atoms with E-state index in [1.807, 2.05) is 4.90 Å². The third-order valence-electron chi connectivity index (χ3n) is 4.78. The molecule has 3 heterocycles. The van der Waals surface area contributed by atoms with Gasteiger partial charge in [0.05, 0.1) is 26.3 Å². The number of hydrogen-bond donors (Lipinski definition) is 0. The average molecular weight is 335 g/mol. The molecule has 0 radical (unpaired) electrons. The van der Waals surface area contributed by atoms with E-state index in [-0.39, 0.29) is 6.17 Å². The fourth-order valence-electron chi connectivity index (χ4n) is 3.37. The smallest absolute Gasteiger partial charge is 0.309 e. The lowest BCUT2D eigenvalue weighted by molar-refractivity contribution is -0.00413. The van der Waals surface area contributed by atoms with Crippen molar-refractivity contribution in [2.45, 2.75) is 24.9 Å². The molecule has 2 atom stereocenters. The molecule has 0 N–H and O–H groups in total. The van der Waals surface area contributed by atoms with Crippen LogP contribution < -0.4 is 4.65 Å². The number of terminal acetylenes is 1.